The Labute approximate surface area is 49.2 Å². The van der Waals surface area contributed by atoms with Crippen molar-refractivity contribution < 1.29 is 28.5 Å². The summed E-state index contributed by atoms with van der Waals surface area (Å²) < 4.78 is 31.9. The fourth-order valence-electron chi connectivity index (χ4n) is 0.134. The molecule has 0 spiro atoms. The molecular formula is C2H8ClNO4. The second-order valence-electron chi connectivity index (χ2n) is 0.776. The van der Waals surface area contributed by atoms with Crippen LogP contribution in [0, 0.1) is 10.2 Å². The van der Waals surface area contributed by atoms with Crippen molar-refractivity contribution in [3.8, 4) is 0 Å². The van der Waals surface area contributed by atoms with Crippen molar-refractivity contribution >= 4 is 0 Å². The molecule has 0 aromatic rings. The van der Waals surface area contributed by atoms with E-state index in [0.29, 0.717) is 0 Å². The highest BCUT2D eigenvalue weighted by Crippen LogP contribution is 1.83. The average molecular weight is 146 g/mol. The van der Waals surface area contributed by atoms with Crippen molar-refractivity contribution in [2.75, 3.05) is 6.61 Å². The normalized spacial score (nSPS) is 10.5. The first-order valence-electron chi connectivity index (χ1n) is 1.61. The van der Waals surface area contributed by atoms with Crippen LogP contribution in [0.3, 0.4) is 0 Å². The molecule has 0 aliphatic rings. The van der Waals surface area contributed by atoms with Crippen molar-refractivity contribution in [3.63, 3.8) is 0 Å². The summed E-state index contributed by atoms with van der Waals surface area (Å²) in [4.78, 5) is 0. The molecule has 6 heteroatoms. The van der Waals surface area contributed by atoms with E-state index in [1.165, 1.54) is 6.92 Å². The van der Waals surface area contributed by atoms with Gasteiger partial charge in [0.15, 0.2) is 0 Å². The van der Waals surface area contributed by atoms with Crippen LogP contribution in [0.25, 0.3) is 0 Å². The molecule has 0 aliphatic heterocycles. The molecular weight excluding hydrogens is 137 g/mol. The first-order valence-corrected chi connectivity index (χ1v) is 2.85. The van der Waals surface area contributed by atoms with Gasteiger partial charge in [-0.15, -0.1) is 0 Å². The molecule has 0 rings (SSSR count). The molecule has 0 radical (unpaired) electrons. The maximum atomic E-state index is 9.43. The minimum absolute atomic E-state index is 0. The van der Waals surface area contributed by atoms with Crippen molar-refractivity contribution in [1.29, 1.82) is 0 Å². The zero-order valence-electron chi connectivity index (χ0n) is 4.43. The van der Waals surface area contributed by atoms with Crippen LogP contribution < -0.4 is 20.1 Å². The van der Waals surface area contributed by atoms with Crippen LogP contribution in [0.2, 0.25) is 0 Å². The molecule has 0 aromatic heterocycles. The third-order valence-corrected chi connectivity index (χ3v) is 0.728. The molecule has 0 atom stereocenters. The number of hydrogen-bond acceptors (Lipinski definition) is 5. The maximum Gasteiger partial charge on any atom is 0.201 e. The predicted octanol–water partition coefficient (Wildman–Crippen LogP) is -2.92. The first-order chi connectivity index (χ1) is 3.06. The maximum absolute atomic E-state index is 9.43. The summed E-state index contributed by atoms with van der Waals surface area (Å²) in [5.74, 6) is 0. The van der Waals surface area contributed by atoms with Crippen LogP contribution in [0.5, 0.6) is 0 Å². The van der Waals surface area contributed by atoms with E-state index in [4.69, 9.17) is 0 Å². The molecule has 0 aliphatic carbocycles. The van der Waals surface area contributed by atoms with Crippen molar-refractivity contribution in [3.05, 3.63) is 0 Å². The van der Waals surface area contributed by atoms with Gasteiger partial charge in [0.25, 0.3) is 0 Å². The molecule has 52 valence electrons. The monoisotopic (exact) mass is 145 g/mol. The number of rotatable bonds is 2. The van der Waals surface area contributed by atoms with E-state index in [1.54, 1.807) is 0 Å². The highest BCUT2D eigenvalue weighted by atomic mass is 35.7. The van der Waals surface area contributed by atoms with Crippen LogP contribution in [0.1, 0.15) is 6.92 Å². The molecule has 0 fully saturated rings. The van der Waals surface area contributed by atoms with E-state index in [2.05, 4.69) is 4.29 Å². The summed E-state index contributed by atoms with van der Waals surface area (Å²) in [6.07, 6.45) is 0. The molecule has 0 aromatic carbocycles. The fourth-order valence-corrected chi connectivity index (χ4v) is 0.401. The lowest BCUT2D eigenvalue weighted by atomic mass is 10.9. The van der Waals surface area contributed by atoms with Gasteiger partial charge in [-0.3, -0.25) is 0 Å². The van der Waals surface area contributed by atoms with E-state index < -0.39 is 10.2 Å². The summed E-state index contributed by atoms with van der Waals surface area (Å²) in [6.45, 7) is 1.32. The van der Waals surface area contributed by atoms with E-state index in [-0.39, 0.29) is 12.8 Å². The second kappa shape index (κ2) is 4.02. The first kappa shape index (κ1) is 11.0. The van der Waals surface area contributed by atoms with E-state index in [9.17, 15) is 14.0 Å². The Morgan fingerprint density at radius 1 is 1.38 bits per heavy atom. The van der Waals surface area contributed by atoms with Gasteiger partial charge in [0.1, 0.15) is 0 Å². The van der Waals surface area contributed by atoms with Crippen molar-refractivity contribution in [2.45, 2.75) is 6.92 Å². The highest BCUT2D eigenvalue weighted by molar-refractivity contribution is 3.88. The third-order valence-electron chi connectivity index (χ3n) is 0.243. The Bertz CT molecular complexity index is 52.5. The molecule has 0 saturated carbocycles. The summed E-state index contributed by atoms with van der Waals surface area (Å²) in [7, 11) is -4.18. The molecule has 8 heavy (non-hydrogen) atoms. The largest absolute Gasteiger partial charge is 0.344 e. The Morgan fingerprint density at radius 3 is 1.75 bits per heavy atom. The summed E-state index contributed by atoms with van der Waals surface area (Å²) in [5.41, 5.74) is 0. The zero-order chi connectivity index (χ0) is 5.91. The molecule has 0 unspecified atom stereocenters. The van der Waals surface area contributed by atoms with E-state index in [0.717, 1.165) is 0 Å². The second-order valence-corrected chi connectivity index (χ2v) is 1.75. The Morgan fingerprint density at radius 2 is 1.75 bits per heavy atom. The Balaban J connectivity index is 0. The Hall–Kier alpha value is 0.0900. The number of halogens is 1. The van der Waals surface area contributed by atoms with E-state index >= 15 is 0 Å². The fraction of sp³-hybridized carbons (Fsp3) is 1.00. The van der Waals surface area contributed by atoms with Crippen molar-refractivity contribution in [2.24, 2.45) is 0 Å². The third kappa shape index (κ3) is 9.43. The number of hydrogen-bond donors (Lipinski definition) is 1. The van der Waals surface area contributed by atoms with Gasteiger partial charge >= 0.3 is 0 Å². The van der Waals surface area contributed by atoms with Crippen LogP contribution >= 0.6 is 0 Å². The quantitative estimate of drug-likeness (QED) is 0.447. The minimum Gasteiger partial charge on any atom is -0.344 e. The zero-order valence-corrected chi connectivity index (χ0v) is 5.18. The smallest absolute Gasteiger partial charge is 0.201 e. The predicted molar refractivity (Wildman–Crippen MR) is 16.6 cm³/mol. The Kier molecular flexibility index (Phi) is 5.51. The van der Waals surface area contributed by atoms with Gasteiger partial charge in [-0.25, -0.2) is 0 Å². The van der Waals surface area contributed by atoms with E-state index in [1.807, 2.05) is 0 Å². The van der Waals surface area contributed by atoms with Gasteiger partial charge in [0, 0.05) is 0 Å². The summed E-state index contributed by atoms with van der Waals surface area (Å²) >= 11 is 0. The van der Waals surface area contributed by atoms with Crippen LogP contribution in [0.4, 0.5) is 0 Å². The van der Waals surface area contributed by atoms with Gasteiger partial charge < -0.3 is 6.15 Å². The molecule has 0 amide bonds. The lowest BCUT2D eigenvalue weighted by Gasteiger charge is -2.10. The topological polar surface area (TPSA) is 113 Å². The molecule has 5 nitrogen and oxygen atoms in total. The van der Waals surface area contributed by atoms with Gasteiger partial charge in [-0.2, -0.15) is 14.0 Å². The van der Waals surface area contributed by atoms with Gasteiger partial charge in [-0.05, 0) is 6.92 Å². The summed E-state index contributed by atoms with van der Waals surface area (Å²) in [5, 5.41) is 0. The van der Waals surface area contributed by atoms with Crippen LogP contribution in [0.15, 0.2) is 0 Å². The van der Waals surface area contributed by atoms with Crippen LogP contribution in [-0.2, 0) is 4.29 Å². The molecule has 0 bridgehead atoms. The molecule has 3 N–H and O–H groups in total. The average Bonchev–Trinajstić information content (AvgIpc) is 1.30. The van der Waals surface area contributed by atoms with Crippen molar-refractivity contribution in [1.82, 2.24) is 6.15 Å². The SMILES string of the molecule is CCO[Cl+3]([O-])([O-])[O-].N. The van der Waals surface area contributed by atoms with Gasteiger partial charge in [0.05, 0.1) is 14.5 Å². The van der Waals surface area contributed by atoms with Gasteiger partial charge in [-0.1, -0.05) is 0 Å². The molecule has 0 heterocycles. The lowest BCUT2D eigenvalue weighted by Crippen LogP contribution is -2.60. The molecule has 0 saturated heterocycles. The highest BCUT2D eigenvalue weighted by Gasteiger charge is 2.12. The standard InChI is InChI=1S/C2H5ClO4.H3N/c1-2-7-3(4,5)6;/h2H2,1H3;1H3. The minimum atomic E-state index is -4.18. The summed E-state index contributed by atoms with van der Waals surface area (Å²) in [6, 6.07) is 0. The van der Waals surface area contributed by atoms with Crippen LogP contribution in [-0.4, -0.2) is 6.61 Å². The lowest BCUT2D eigenvalue weighted by molar-refractivity contribution is -1.92. The van der Waals surface area contributed by atoms with Gasteiger partial charge in [0.2, 0.25) is 6.61 Å².